The maximum atomic E-state index is 10.7. The molecule has 0 aromatic rings. The van der Waals surface area contributed by atoms with Crippen LogP contribution in [0.1, 0.15) is 0 Å². The molecule has 3 nitrogen and oxygen atoms in total. The summed E-state index contributed by atoms with van der Waals surface area (Å²) < 4.78 is 14.2. The van der Waals surface area contributed by atoms with Crippen molar-refractivity contribution in [3.8, 4) is 0 Å². The van der Waals surface area contributed by atoms with Crippen LogP contribution in [0.5, 0.6) is 0 Å². The Morgan fingerprint density at radius 2 is 2.00 bits per heavy atom. The first kappa shape index (κ1) is 10.6. The summed E-state index contributed by atoms with van der Waals surface area (Å²) in [6.07, 6.45) is 0. The van der Waals surface area contributed by atoms with E-state index < -0.39 is 14.2 Å². The van der Waals surface area contributed by atoms with Gasteiger partial charge in [0.1, 0.15) is 0 Å². The van der Waals surface area contributed by atoms with E-state index >= 15 is 0 Å². The zero-order valence-corrected chi connectivity index (χ0v) is 6.63. The Bertz CT molecular complexity index is 36.1. The van der Waals surface area contributed by atoms with Crippen molar-refractivity contribution >= 4 is 7.32 Å². The number of hydrogen-bond acceptors (Lipinski definition) is 3. The zero-order valence-electron chi connectivity index (χ0n) is 3.41. The fraction of sp³-hybridized carbons (Fsp3) is 1.00. The minimum Gasteiger partial charge on any atom is -0.402 e. The van der Waals surface area contributed by atoms with Crippen molar-refractivity contribution in [1.29, 1.82) is 0 Å². The van der Waals surface area contributed by atoms with E-state index in [1.54, 1.807) is 0 Å². The quantitative estimate of drug-likeness (QED) is 0.629. The van der Waals surface area contributed by atoms with Crippen LogP contribution in [-0.2, 0) is 27.0 Å². The van der Waals surface area contributed by atoms with Crippen LogP contribution in [0, 0.1) is 0 Å². The minimum atomic E-state index is -1.98. The average Bonchev–Trinajstić information content (AvgIpc) is 1.35. The van der Waals surface area contributed by atoms with E-state index in [0.717, 1.165) is 0 Å². The molecule has 0 spiro atoms. The van der Waals surface area contributed by atoms with E-state index in [0.29, 0.717) is 0 Å². The summed E-state index contributed by atoms with van der Waals surface area (Å²) in [6.45, 7) is -1.17. The first-order chi connectivity index (χ1) is 2.77. The predicted octanol–water partition coefficient (Wildman–Crippen LogP) is -1.10. The van der Waals surface area contributed by atoms with Crippen molar-refractivity contribution in [2.24, 2.45) is 0 Å². The van der Waals surface area contributed by atoms with Gasteiger partial charge in [0.05, 0.1) is 0 Å². The van der Waals surface area contributed by atoms with E-state index in [2.05, 4.69) is 4.65 Å². The molecule has 7 heavy (non-hydrogen) atoms. The summed E-state index contributed by atoms with van der Waals surface area (Å²) in [6, 6.07) is 0. The second-order valence-electron chi connectivity index (χ2n) is 0.602. The maximum absolute atomic E-state index is 10.7. The summed E-state index contributed by atoms with van der Waals surface area (Å²) in [4.78, 5) is 0. The Hall–Kier alpha value is 0.615. The molecule has 0 aromatic heterocycles. The molecule has 6 heteroatoms. The Morgan fingerprint density at radius 3 is 2.00 bits per heavy atom. The summed E-state index contributed by atoms with van der Waals surface area (Å²) in [7, 11) is -1.98. The van der Waals surface area contributed by atoms with Crippen molar-refractivity contribution in [3.05, 3.63) is 0 Å². The molecule has 0 saturated heterocycles. The van der Waals surface area contributed by atoms with Gasteiger partial charge in [-0.25, -0.2) is 4.39 Å². The van der Waals surface area contributed by atoms with Gasteiger partial charge in [0.15, 0.2) is 6.86 Å². The van der Waals surface area contributed by atoms with Gasteiger partial charge in [-0.05, 0) is 0 Å². The Labute approximate surface area is 56.2 Å². The van der Waals surface area contributed by atoms with Crippen LogP contribution in [-0.4, -0.2) is 24.2 Å². The molecular formula is CH4BFO3Ta. The molecule has 0 unspecified atom stereocenters. The third kappa shape index (κ3) is 10.8. The number of halogens is 1. The largest absolute Gasteiger partial charge is 0.635 e. The van der Waals surface area contributed by atoms with Gasteiger partial charge in [-0.15, -0.1) is 0 Å². The fourth-order valence-electron chi connectivity index (χ4n) is 0.0563. The molecule has 0 aromatic carbocycles. The van der Waals surface area contributed by atoms with E-state index in [9.17, 15) is 4.39 Å². The van der Waals surface area contributed by atoms with Crippen LogP contribution in [0.3, 0.4) is 0 Å². The second-order valence-corrected chi connectivity index (χ2v) is 0.602. The van der Waals surface area contributed by atoms with Crippen molar-refractivity contribution in [3.63, 3.8) is 0 Å². The third-order valence-corrected chi connectivity index (χ3v) is 0.212. The molecule has 41 valence electrons. The first-order valence-electron chi connectivity index (χ1n) is 1.31. The van der Waals surface area contributed by atoms with Crippen molar-refractivity contribution in [1.82, 2.24) is 0 Å². The molecule has 2 N–H and O–H groups in total. The Kier molecular flexibility index (Phi) is 9.99. The van der Waals surface area contributed by atoms with Gasteiger partial charge in [-0.3, -0.25) is 0 Å². The number of alkyl halides is 1. The average molecular weight is 275 g/mol. The molecule has 0 rings (SSSR count). The molecule has 0 aliphatic rings. The van der Waals surface area contributed by atoms with Crippen molar-refractivity contribution in [2.45, 2.75) is 0 Å². The van der Waals surface area contributed by atoms with Gasteiger partial charge in [0.2, 0.25) is 0 Å². The van der Waals surface area contributed by atoms with Gasteiger partial charge < -0.3 is 14.7 Å². The molecule has 0 atom stereocenters. The predicted molar refractivity (Wildman–Crippen MR) is 17.3 cm³/mol. The Balaban J connectivity index is 0. The SMILES string of the molecule is OB(O)OCF.[Ta]. The van der Waals surface area contributed by atoms with Crippen molar-refractivity contribution in [2.75, 3.05) is 6.86 Å². The monoisotopic (exact) mass is 275 g/mol. The molecule has 1 radical (unpaired) electrons. The van der Waals surface area contributed by atoms with Gasteiger partial charge in [0, 0.05) is 22.4 Å². The normalized spacial score (nSPS) is 7.29. The fourth-order valence-corrected chi connectivity index (χ4v) is 0.0563. The first-order valence-corrected chi connectivity index (χ1v) is 1.31. The van der Waals surface area contributed by atoms with Crippen LogP contribution >= 0.6 is 0 Å². The van der Waals surface area contributed by atoms with E-state index in [1.165, 1.54) is 0 Å². The number of rotatable bonds is 2. The van der Waals surface area contributed by atoms with Gasteiger partial charge >= 0.3 is 7.32 Å². The molecule has 0 saturated carbocycles. The third-order valence-electron chi connectivity index (χ3n) is 0.212. The number of hydrogen-bond donors (Lipinski definition) is 2. The van der Waals surface area contributed by atoms with Crippen LogP contribution in [0.15, 0.2) is 0 Å². The van der Waals surface area contributed by atoms with E-state index in [-0.39, 0.29) is 22.4 Å². The molecule has 0 bridgehead atoms. The van der Waals surface area contributed by atoms with Crippen LogP contribution in [0.4, 0.5) is 4.39 Å². The summed E-state index contributed by atoms with van der Waals surface area (Å²) >= 11 is 0. The van der Waals surface area contributed by atoms with E-state index in [1.807, 2.05) is 0 Å². The van der Waals surface area contributed by atoms with Crippen LogP contribution in [0.2, 0.25) is 0 Å². The molecule has 0 aliphatic heterocycles. The molecule has 0 heterocycles. The summed E-state index contributed by atoms with van der Waals surface area (Å²) in [5.41, 5.74) is 0. The Morgan fingerprint density at radius 1 is 1.57 bits per heavy atom. The topological polar surface area (TPSA) is 49.7 Å². The van der Waals surface area contributed by atoms with Crippen LogP contribution < -0.4 is 0 Å². The van der Waals surface area contributed by atoms with E-state index in [4.69, 9.17) is 10.0 Å². The van der Waals surface area contributed by atoms with Crippen LogP contribution in [0.25, 0.3) is 0 Å². The molecule has 0 aliphatic carbocycles. The maximum Gasteiger partial charge on any atom is 0.635 e. The minimum absolute atomic E-state index is 0. The summed E-state index contributed by atoms with van der Waals surface area (Å²) in [5.74, 6) is 0. The van der Waals surface area contributed by atoms with Gasteiger partial charge in [-0.1, -0.05) is 0 Å². The molecular weight excluding hydrogens is 271 g/mol. The standard InChI is InChI=1S/CH4BFO3.Ta/c3-1-6-2(4)5;/h4-5H,1H2;. The molecule has 0 fully saturated rings. The van der Waals surface area contributed by atoms with Gasteiger partial charge in [-0.2, -0.15) is 0 Å². The zero-order chi connectivity index (χ0) is 4.99. The second kappa shape index (κ2) is 6.62. The van der Waals surface area contributed by atoms with Gasteiger partial charge in [0.25, 0.3) is 0 Å². The molecule has 0 amide bonds. The van der Waals surface area contributed by atoms with Crippen molar-refractivity contribution < 1.29 is 41.5 Å². The smallest absolute Gasteiger partial charge is 0.402 e. The summed E-state index contributed by atoms with van der Waals surface area (Å²) in [5, 5.41) is 15.3.